The lowest BCUT2D eigenvalue weighted by Gasteiger charge is -2.22. The maximum atomic E-state index is 4.68. The van der Waals surface area contributed by atoms with Crippen LogP contribution in [-0.2, 0) is 27.2 Å². The molecule has 0 aliphatic rings. The molecule has 2 rings (SSSR count). The lowest BCUT2D eigenvalue weighted by atomic mass is 10.1. The summed E-state index contributed by atoms with van der Waals surface area (Å²) in [6.07, 6.45) is 3.63. The molecule has 2 aromatic heterocycles. The smallest absolute Gasteiger partial charge is 0.194 e. The number of nitrogens with one attached hydrogen (secondary N) is 1. The fourth-order valence-corrected chi connectivity index (χ4v) is 2.57. The van der Waals surface area contributed by atoms with E-state index in [1.54, 1.807) is 11.0 Å². The number of hydrogen-bond acceptors (Lipinski definition) is 4. The molecule has 2 heterocycles. The number of aromatic nitrogens is 5. The zero-order valence-corrected chi connectivity index (χ0v) is 15.5. The van der Waals surface area contributed by atoms with E-state index in [4.69, 9.17) is 0 Å². The predicted molar refractivity (Wildman–Crippen MR) is 94.6 cm³/mol. The monoisotopic (exact) mass is 332 g/mol. The molecule has 0 aliphatic carbocycles. The van der Waals surface area contributed by atoms with Crippen molar-refractivity contribution in [1.82, 2.24) is 34.8 Å². The summed E-state index contributed by atoms with van der Waals surface area (Å²) < 4.78 is 3.62. The third-order valence-corrected chi connectivity index (χ3v) is 3.76. The van der Waals surface area contributed by atoms with Crippen LogP contribution in [0.4, 0.5) is 0 Å². The van der Waals surface area contributed by atoms with E-state index in [0.717, 1.165) is 30.6 Å². The number of aryl methyl sites for hydroxylation is 2. The van der Waals surface area contributed by atoms with Gasteiger partial charge in [-0.15, -0.1) is 0 Å². The van der Waals surface area contributed by atoms with E-state index in [-0.39, 0.29) is 0 Å². The maximum absolute atomic E-state index is 4.68. The molecule has 0 amide bonds. The van der Waals surface area contributed by atoms with E-state index in [1.807, 2.05) is 25.8 Å². The highest BCUT2D eigenvalue weighted by Gasteiger charge is 2.15. The largest absolute Gasteiger partial charge is 0.357 e. The Kier molecular flexibility index (Phi) is 5.94. The molecule has 0 spiro atoms. The van der Waals surface area contributed by atoms with Gasteiger partial charge >= 0.3 is 0 Å². The molecule has 0 saturated heterocycles. The molecule has 0 radical (unpaired) electrons. The molecule has 0 unspecified atom stereocenters. The first-order chi connectivity index (χ1) is 11.4. The molecule has 24 heavy (non-hydrogen) atoms. The Morgan fingerprint density at radius 2 is 2.12 bits per heavy atom. The summed E-state index contributed by atoms with van der Waals surface area (Å²) in [5, 5.41) is 12.0. The van der Waals surface area contributed by atoms with Gasteiger partial charge in [0.05, 0.1) is 5.69 Å². The highest BCUT2D eigenvalue weighted by Crippen LogP contribution is 2.18. The van der Waals surface area contributed by atoms with Crippen LogP contribution < -0.4 is 5.32 Å². The third-order valence-electron chi connectivity index (χ3n) is 3.76. The Morgan fingerprint density at radius 3 is 2.71 bits per heavy atom. The van der Waals surface area contributed by atoms with Crippen LogP contribution >= 0.6 is 0 Å². The van der Waals surface area contributed by atoms with Crippen LogP contribution in [0.25, 0.3) is 0 Å². The van der Waals surface area contributed by atoms with Crippen LogP contribution in [0, 0.1) is 0 Å². The van der Waals surface area contributed by atoms with Gasteiger partial charge in [0.25, 0.3) is 0 Å². The molecule has 0 atom stereocenters. The summed E-state index contributed by atoms with van der Waals surface area (Å²) in [6.45, 7) is 8.46. The van der Waals surface area contributed by atoms with E-state index in [1.165, 1.54) is 5.56 Å². The third kappa shape index (κ3) is 4.33. The Balaban J connectivity index is 2.14. The SMILES string of the molecule is CCNC(=NCc1ncnn1C)N(C)Cc1cn(C)nc1C(C)C. The van der Waals surface area contributed by atoms with Gasteiger partial charge in [-0.1, -0.05) is 13.8 Å². The fraction of sp³-hybridized carbons (Fsp3) is 0.625. The van der Waals surface area contributed by atoms with Gasteiger partial charge in [-0.3, -0.25) is 9.36 Å². The van der Waals surface area contributed by atoms with E-state index < -0.39 is 0 Å². The topological polar surface area (TPSA) is 76.2 Å². The highest BCUT2D eigenvalue weighted by molar-refractivity contribution is 5.79. The Bertz CT molecular complexity index is 682. The minimum Gasteiger partial charge on any atom is -0.357 e. The molecular weight excluding hydrogens is 304 g/mol. The molecular formula is C16H28N8. The molecule has 0 aromatic carbocycles. The maximum Gasteiger partial charge on any atom is 0.194 e. The van der Waals surface area contributed by atoms with Gasteiger partial charge in [-0.2, -0.15) is 10.2 Å². The van der Waals surface area contributed by atoms with Crippen molar-refractivity contribution in [2.45, 2.75) is 39.8 Å². The van der Waals surface area contributed by atoms with Gasteiger partial charge in [0.2, 0.25) is 0 Å². The van der Waals surface area contributed by atoms with Crippen LogP contribution in [0.1, 0.15) is 43.8 Å². The van der Waals surface area contributed by atoms with Gasteiger partial charge in [-0.05, 0) is 12.8 Å². The summed E-state index contributed by atoms with van der Waals surface area (Å²) in [5.41, 5.74) is 2.35. The zero-order valence-electron chi connectivity index (χ0n) is 15.5. The molecule has 0 saturated carbocycles. The highest BCUT2D eigenvalue weighted by atomic mass is 15.3. The second-order valence-electron chi connectivity index (χ2n) is 6.19. The molecule has 0 bridgehead atoms. The second-order valence-corrected chi connectivity index (χ2v) is 6.19. The van der Waals surface area contributed by atoms with Crippen LogP contribution in [0.5, 0.6) is 0 Å². The Morgan fingerprint density at radius 1 is 1.38 bits per heavy atom. The van der Waals surface area contributed by atoms with Crippen LogP contribution in [0.3, 0.4) is 0 Å². The van der Waals surface area contributed by atoms with Crippen molar-refractivity contribution in [1.29, 1.82) is 0 Å². The van der Waals surface area contributed by atoms with Crippen molar-refractivity contribution >= 4 is 5.96 Å². The van der Waals surface area contributed by atoms with Gasteiger partial charge in [0, 0.05) is 46.0 Å². The van der Waals surface area contributed by atoms with Crippen molar-refractivity contribution in [3.8, 4) is 0 Å². The van der Waals surface area contributed by atoms with Gasteiger partial charge < -0.3 is 10.2 Å². The Hall–Kier alpha value is -2.38. The number of hydrogen-bond donors (Lipinski definition) is 1. The molecule has 8 nitrogen and oxygen atoms in total. The minimum absolute atomic E-state index is 0.396. The Labute approximate surface area is 143 Å². The predicted octanol–water partition coefficient (Wildman–Crippen LogP) is 1.27. The number of guanidine groups is 1. The molecule has 8 heteroatoms. The lowest BCUT2D eigenvalue weighted by molar-refractivity contribution is 0.472. The average Bonchev–Trinajstić information content (AvgIpc) is 3.09. The zero-order chi connectivity index (χ0) is 17.7. The average molecular weight is 332 g/mol. The number of aliphatic imine (C=N–C) groups is 1. The van der Waals surface area contributed by atoms with Crippen molar-refractivity contribution in [3.63, 3.8) is 0 Å². The van der Waals surface area contributed by atoms with E-state index in [0.29, 0.717) is 12.5 Å². The molecule has 0 fully saturated rings. The summed E-state index contributed by atoms with van der Waals surface area (Å²) in [6, 6.07) is 0. The normalized spacial score (nSPS) is 12.0. The number of nitrogens with zero attached hydrogens (tertiary/aromatic N) is 7. The number of rotatable bonds is 6. The molecule has 1 N–H and O–H groups in total. The fourth-order valence-electron chi connectivity index (χ4n) is 2.57. The summed E-state index contributed by atoms with van der Waals surface area (Å²) in [7, 11) is 5.87. The summed E-state index contributed by atoms with van der Waals surface area (Å²) >= 11 is 0. The van der Waals surface area contributed by atoms with Crippen molar-refractivity contribution < 1.29 is 0 Å². The summed E-state index contributed by atoms with van der Waals surface area (Å²) in [4.78, 5) is 11.0. The first-order valence-electron chi connectivity index (χ1n) is 8.27. The van der Waals surface area contributed by atoms with Crippen molar-refractivity contribution in [2.24, 2.45) is 19.1 Å². The van der Waals surface area contributed by atoms with Gasteiger partial charge in [0.15, 0.2) is 5.96 Å². The van der Waals surface area contributed by atoms with Gasteiger partial charge in [0.1, 0.15) is 18.7 Å². The second kappa shape index (κ2) is 7.94. The molecule has 132 valence electrons. The van der Waals surface area contributed by atoms with Crippen LogP contribution in [-0.4, -0.2) is 49.0 Å². The van der Waals surface area contributed by atoms with Crippen LogP contribution in [0.15, 0.2) is 17.5 Å². The quantitative estimate of drug-likeness (QED) is 0.637. The van der Waals surface area contributed by atoms with Crippen molar-refractivity contribution in [3.05, 3.63) is 29.6 Å². The first-order valence-corrected chi connectivity index (χ1v) is 8.27. The van der Waals surface area contributed by atoms with E-state index >= 15 is 0 Å². The van der Waals surface area contributed by atoms with E-state index in [9.17, 15) is 0 Å². The lowest BCUT2D eigenvalue weighted by Crippen LogP contribution is -2.38. The van der Waals surface area contributed by atoms with Crippen molar-refractivity contribution in [2.75, 3.05) is 13.6 Å². The van der Waals surface area contributed by atoms with Crippen LogP contribution in [0.2, 0.25) is 0 Å². The minimum atomic E-state index is 0.396. The first kappa shape index (κ1) is 18.0. The van der Waals surface area contributed by atoms with Gasteiger partial charge in [-0.25, -0.2) is 9.98 Å². The molecule has 0 aliphatic heterocycles. The molecule has 2 aromatic rings. The standard InChI is InChI=1S/C16H28N8/c1-7-17-16(18-8-14-19-11-20-24(14)6)22(4)9-13-10-23(5)21-15(13)12(2)3/h10-12H,7-9H2,1-6H3,(H,17,18). The summed E-state index contributed by atoms with van der Waals surface area (Å²) in [5.74, 6) is 2.08. The van der Waals surface area contributed by atoms with E-state index in [2.05, 4.69) is 57.4 Å².